The molecule has 0 aliphatic heterocycles. The van der Waals surface area contributed by atoms with E-state index < -0.39 is 6.04 Å². The fourth-order valence-electron chi connectivity index (χ4n) is 1.09. The van der Waals surface area contributed by atoms with Crippen LogP contribution in [-0.4, -0.2) is 19.1 Å². The normalized spacial score (nSPS) is 11.9. The van der Waals surface area contributed by atoms with Crippen LogP contribution >= 0.6 is 0 Å². The number of anilines is 1. The Morgan fingerprint density at radius 1 is 1.47 bits per heavy atom. The Kier molecular flexibility index (Phi) is 4.12. The van der Waals surface area contributed by atoms with Gasteiger partial charge in [-0.15, -0.1) is 0 Å². The lowest BCUT2D eigenvalue weighted by molar-refractivity contribution is -0.117. The lowest BCUT2D eigenvalue weighted by Crippen LogP contribution is -2.34. The average Bonchev–Trinajstić information content (AvgIpc) is 2.29. The first-order chi connectivity index (χ1) is 7.17. The average molecular weight is 208 g/mol. The molecule has 0 bridgehead atoms. The Morgan fingerprint density at radius 3 is 2.53 bits per heavy atom. The van der Waals surface area contributed by atoms with Crippen LogP contribution in [0, 0.1) is 0 Å². The van der Waals surface area contributed by atoms with Crippen LogP contribution in [0.2, 0.25) is 0 Å². The van der Waals surface area contributed by atoms with Crippen molar-refractivity contribution in [3.63, 3.8) is 0 Å². The van der Waals surface area contributed by atoms with Crippen molar-refractivity contribution in [1.29, 1.82) is 0 Å². The Bertz CT molecular complexity index is 322. The predicted molar refractivity (Wildman–Crippen MR) is 59.9 cm³/mol. The summed E-state index contributed by atoms with van der Waals surface area (Å²) in [6.07, 6.45) is 0.627. The smallest absolute Gasteiger partial charge is 0.241 e. The highest BCUT2D eigenvalue weighted by atomic mass is 16.5. The van der Waals surface area contributed by atoms with Gasteiger partial charge in [-0.3, -0.25) is 4.79 Å². The fourth-order valence-corrected chi connectivity index (χ4v) is 1.09. The summed E-state index contributed by atoms with van der Waals surface area (Å²) in [5.74, 6) is 0.593. The summed E-state index contributed by atoms with van der Waals surface area (Å²) < 4.78 is 5.01. The molecular formula is C11H16N2O2. The molecule has 0 aliphatic rings. The van der Waals surface area contributed by atoms with Gasteiger partial charge in [-0.2, -0.15) is 0 Å². The fraction of sp³-hybridized carbons (Fsp3) is 0.364. The maximum atomic E-state index is 11.4. The molecule has 1 atom stereocenters. The van der Waals surface area contributed by atoms with Gasteiger partial charge in [0.05, 0.1) is 13.2 Å². The molecule has 1 amide bonds. The minimum absolute atomic E-state index is 0.164. The van der Waals surface area contributed by atoms with Crippen molar-refractivity contribution < 1.29 is 9.53 Å². The highest BCUT2D eigenvalue weighted by Crippen LogP contribution is 2.15. The summed E-state index contributed by atoms with van der Waals surface area (Å²) in [5.41, 5.74) is 6.31. The van der Waals surface area contributed by atoms with Gasteiger partial charge in [0.25, 0.3) is 0 Å². The minimum atomic E-state index is -0.452. The van der Waals surface area contributed by atoms with Crippen molar-refractivity contribution in [2.24, 2.45) is 5.73 Å². The van der Waals surface area contributed by atoms with Gasteiger partial charge in [-0.1, -0.05) is 6.92 Å². The number of rotatable bonds is 4. The molecule has 4 heteroatoms. The number of amides is 1. The lowest BCUT2D eigenvalue weighted by Gasteiger charge is -2.10. The lowest BCUT2D eigenvalue weighted by atomic mass is 10.2. The van der Waals surface area contributed by atoms with Gasteiger partial charge in [-0.05, 0) is 30.7 Å². The van der Waals surface area contributed by atoms with E-state index in [0.717, 1.165) is 11.4 Å². The van der Waals surface area contributed by atoms with Gasteiger partial charge in [0.2, 0.25) is 5.91 Å². The third kappa shape index (κ3) is 3.25. The molecule has 1 aromatic carbocycles. The molecule has 4 nitrogen and oxygen atoms in total. The standard InChI is InChI=1S/C11H16N2O2/c1-3-10(12)11(14)13-8-4-6-9(15-2)7-5-8/h4-7,10H,3,12H2,1-2H3,(H,13,14)/t10-/m0/s1. The summed E-state index contributed by atoms with van der Waals surface area (Å²) in [5, 5.41) is 2.72. The molecule has 1 aromatic rings. The first-order valence-corrected chi connectivity index (χ1v) is 4.88. The molecule has 0 aromatic heterocycles. The van der Waals surface area contributed by atoms with Crippen LogP contribution < -0.4 is 15.8 Å². The molecule has 0 spiro atoms. The molecule has 82 valence electrons. The molecule has 0 saturated carbocycles. The number of hydrogen-bond donors (Lipinski definition) is 2. The molecular weight excluding hydrogens is 192 g/mol. The number of methoxy groups -OCH3 is 1. The van der Waals surface area contributed by atoms with E-state index in [1.54, 1.807) is 31.4 Å². The topological polar surface area (TPSA) is 64.4 Å². The van der Waals surface area contributed by atoms with Gasteiger partial charge in [0, 0.05) is 5.69 Å². The Hall–Kier alpha value is -1.55. The second-order valence-electron chi connectivity index (χ2n) is 3.23. The first kappa shape index (κ1) is 11.5. The first-order valence-electron chi connectivity index (χ1n) is 4.88. The SMILES string of the molecule is CC[C@H](N)C(=O)Nc1ccc(OC)cc1. The molecule has 0 heterocycles. The van der Waals surface area contributed by atoms with Crippen molar-refractivity contribution in [2.75, 3.05) is 12.4 Å². The van der Waals surface area contributed by atoms with Crippen molar-refractivity contribution >= 4 is 11.6 Å². The predicted octanol–water partition coefficient (Wildman–Crippen LogP) is 1.37. The summed E-state index contributed by atoms with van der Waals surface area (Å²) in [6, 6.07) is 6.67. The van der Waals surface area contributed by atoms with Crippen LogP contribution in [0.25, 0.3) is 0 Å². The molecule has 1 rings (SSSR count). The van der Waals surface area contributed by atoms with E-state index in [-0.39, 0.29) is 5.91 Å². The number of carbonyl (C=O) groups is 1. The maximum absolute atomic E-state index is 11.4. The van der Waals surface area contributed by atoms with E-state index in [2.05, 4.69) is 5.32 Å². The molecule has 3 N–H and O–H groups in total. The van der Waals surface area contributed by atoms with Gasteiger partial charge < -0.3 is 15.8 Å². The molecule has 0 radical (unpaired) electrons. The van der Waals surface area contributed by atoms with Gasteiger partial charge in [0.1, 0.15) is 5.75 Å². The summed E-state index contributed by atoms with van der Waals surface area (Å²) >= 11 is 0. The van der Waals surface area contributed by atoms with E-state index in [1.807, 2.05) is 6.92 Å². The highest BCUT2D eigenvalue weighted by molar-refractivity contribution is 5.94. The third-order valence-electron chi connectivity index (χ3n) is 2.13. The summed E-state index contributed by atoms with van der Waals surface area (Å²) in [4.78, 5) is 11.4. The second kappa shape index (κ2) is 5.36. The number of nitrogens with one attached hydrogen (secondary N) is 1. The van der Waals surface area contributed by atoms with Crippen LogP contribution in [-0.2, 0) is 4.79 Å². The van der Waals surface area contributed by atoms with E-state index >= 15 is 0 Å². The molecule has 0 saturated heterocycles. The Labute approximate surface area is 89.4 Å². The van der Waals surface area contributed by atoms with Crippen molar-refractivity contribution in [2.45, 2.75) is 19.4 Å². The van der Waals surface area contributed by atoms with Crippen LogP contribution in [0.1, 0.15) is 13.3 Å². The van der Waals surface area contributed by atoms with Crippen LogP contribution in [0.15, 0.2) is 24.3 Å². The minimum Gasteiger partial charge on any atom is -0.497 e. The number of benzene rings is 1. The van der Waals surface area contributed by atoms with Crippen molar-refractivity contribution in [3.05, 3.63) is 24.3 Å². The largest absolute Gasteiger partial charge is 0.497 e. The van der Waals surface area contributed by atoms with Gasteiger partial charge in [-0.25, -0.2) is 0 Å². The zero-order valence-corrected chi connectivity index (χ0v) is 8.99. The third-order valence-corrected chi connectivity index (χ3v) is 2.13. The number of hydrogen-bond acceptors (Lipinski definition) is 3. The molecule has 0 unspecified atom stereocenters. The molecule has 15 heavy (non-hydrogen) atoms. The Balaban J connectivity index is 2.61. The van der Waals surface area contributed by atoms with E-state index in [0.29, 0.717) is 6.42 Å². The highest BCUT2D eigenvalue weighted by Gasteiger charge is 2.10. The summed E-state index contributed by atoms with van der Waals surface area (Å²) in [7, 11) is 1.60. The van der Waals surface area contributed by atoms with Gasteiger partial charge in [0.15, 0.2) is 0 Å². The van der Waals surface area contributed by atoms with Crippen molar-refractivity contribution in [1.82, 2.24) is 0 Å². The van der Waals surface area contributed by atoms with E-state index in [1.165, 1.54) is 0 Å². The van der Waals surface area contributed by atoms with Crippen molar-refractivity contribution in [3.8, 4) is 5.75 Å². The number of ether oxygens (including phenoxy) is 1. The number of carbonyl (C=O) groups excluding carboxylic acids is 1. The summed E-state index contributed by atoms with van der Waals surface area (Å²) in [6.45, 7) is 1.87. The Morgan fingerprint density at radius 2 is 2.07 bits per heavy atom. The number of nitrogens with two attached hydrogens (primary N) is 1. The van der Waals surface area contributed by atoms with Crippen LogP contribution in [0.5, 0.6) is 5.75 Å². The molecule has 0 aliphatic carbocycles. The monoisotopic (exact) mass is 208 g/mol. The maximum Gasteiger partial charge on any atom is 0.241 e. The quantitative estimate of drug-likeness (QED) is 0.785. The zero-order chi connectivity index (χ0) is 11.3. The zero-order valence-electron chi connectivity index (χ0n) is 8.99. The van der Waals surface area contributed by atoms with Gasteiger partial charge >= 0.3 is 0 Å². The van der Waals surface area contributed by atoms with E-state index in [4.69, 9.17) is 10.5 Å². The second-order valence-corrected chi connectivity index (χ2v) is 3.23. The van der Waals surface area contributed by atoms with Crippen LogP contribution in [0.3, 0.4) is 0 Å². The van der Waals surface area contributed by atoms with Crippen LogP contribution in [0.4, 0.5) is 5.69 Å². The molecule has 0 fully saturated rings. The van der Waals surface area contributed by atoms with E-state index in [9.17, 15) is 4.79 Å².